The molecule has 0 bridgehead atoms. The van der Waals surface area contributed by atoms with Gasteiger partial charge in [0.05, 0.1) is 31.0 Å². The van der Waals surface area contributed by atoms with Gasteiger partial charge in [-0.3, -0.25) is 4.79 Å². The Morgan fingerprint density at radius 2 is 2.00 bits per heavy atom. The number of aryl methyl sites for hydroxylation is 1. The number of fused-ring (bicyclic) bond motifs is 1. The van der Waals surface area contributed by atoms with Crippen molar-refractivity contribution in [2.24, 2.45) is 0 Å². The summed E-state index contributed by atoms with van der Waals surface area (Å²) in [6.07, 6.45) is 0.973. The molecule has 3 rings (SSSR count). The maximum atomic E-state index is 12.2. The summed E-state index contributed by atoms with van der Waals surface area (Å²) in [7, 11) is 3.24. The van der Waals surface area contributed by atoms with Crippen LogP contribution in [0.3, 0.4) is 0 Å². The van der Waals surface area contributed by atoms with Crippen molar-refractivity contribution in [1.82, 2.24) is 10.3 Å². The molecule has 1 amide bonds. The number of nitrogens with zero attached hydrogens (tertiary/aromatic N) is 1. The molecule has 0 unspecified atom stereocenters. The zero-order chi connectivity index (χ0) is 17.6. The molecule has 1 heterocycles. The van der Waals surface area contributed by atoms with Crippen LogP contribution >= 0.6 is 11.3 Å². The van der Waals surface area contributed by atoms with E-state index < -0.39 is 0 Å². The van der Waals surface area contributed by atoms with Crippen molar-refractivity contribution in [3.63, 3.8) is 0 Å². The number of thiazole rings is 1. The van der Waals surface area contributed by atoms with Crippen LogP contribution in [0, 0.1) is 0 Å². The summed E-state index contributed by atoms with van der Waals surface area (Å²) in [5, 5.41) is 3.84. The van der Waals surface area contributed by atoms with Gasteiger partial charge >= 0.3 is 0 Å². The van der Waals surface area contributed by atoms with Gasteiger partial charge < -0.3 is 14.8 Å². The normalized spacial score (nSPS) is 10.6. The van der Waals surface area contributed by atoms with E-state index >= 15 is 0 Å². The van der Waals surface area contributed by atoms with Gasteiger partial charge in [-0.15, -0.1) is 11.3 Å². The van der Waals surface area contributed by atoms with Gasteiger partial charge in [0, 0.05) is 6.42 Å². The predicted molar refractivity (Wildman–Crippen MR) is 99.3 cm³/mol. The van der Waals surface area contributed by atoms with Crippen LogP contribution in [0.25, 0.3) is 10.2 Å². The minimum absolute atomic E-state index is 0.0101. The first-order valence-electron chi connectivity index (χ1n) is 8.01. The van der Waals surface area contributed by atoms with Gasteiger partial charge in [-0.1, -0.05) is 12.1 Å². The number of aromatic nitrogens is 1. The summed E-state index contributed by atoms with van der Waals surface area (Å²) in [5.41, 5.74) is 1.93. The molecular weight excluding hydrogens is 336 g/mol. The van der Waals surface area contributed by atoms with E-state index in [0.717, 1.165) is 32.3 Å². The van der Waals surface area contributed by atoms with Gasteiger partial charge in [0.1, 0.15) is 16.5 Å². The maximum absolute atomic E-state index is 12.2. The minimum atomic E-state index is -0.0101. The summed E-state index contributed by atoms with van der Waals surface area (Å²) in [6, 6.07) is 13.6. The average molecular weight is 356 g/mol. The number of nitrogens with one attached hydrogen (secondary N) is 1. The Hall–Kier alpha value is -2.60. The third kappa shape index (κ3) is 4.28. The Balaban J connectivity index is 1.56. The second kappa shape index (κ2) is 7.98. The number of methoxy groups -OCH3 is 2. The molecule has 0 aliphatic heterocycles. The monoisotopic (exact) mass is 356 g/mol. The molecule has 0 atom stereocenters. The van der Waals surface area contributed by atoms with E-state index in [4.69, 9.17) is 9.47 Å². The highest BCUT2D eigenvalue weighted by molar-refractivity contribution is 7.18. The lowest BCUT2D eigenvalue weighted by Crippen LogP contribution is -2.23. The van der Waals surface area contributed by atoms with Gasteiger partial charge in [-0.05, 0) is 42.3 Å². The van der Waals surface area contributed by atoms with Crippen molar-refractivity contribution in [2.45, 2.75) is 19.4 Å². The molecule has 0 saturated heterocycles. The molecular formula is C19H20N2O3S. The van der Waals surface area contributed by atoms with E-state index in [9.17, 15) is 4.79 Å². The molecule has 1 aromatic heterocycles. The molecule has 0 saturated carbocycles. The first-order valence-corrected chi connectivity index (χ1v) is 8.83. The molecule has 25 heavy (non-hydrogen) atoms. The molecule has 0 aliphatic carbocycles. The number of ether oxygens (including phenoxy) is 2. The van der Waals surface area contributed by atoms with E-state index in [1.54, 1.807) is 25.6 Å². The zero-order valence-electron chi connectivity index (χ0n) is 14.2. The van der Waals surface area contributed by atoms with Gasteiger partial charge in [0.15, 0.2) is 0 Å². The van der Waals surface area contributed by atoms with Gasteiger partial charge in [0.25, 0.3) is 0 Å². The Kier molecular flexibility index (Phi) is 5.50. The quantitative estimate of drug-likeness (QED) is 0.703. The van der Waals surface area contributed by atoms with E-state index in [-0.39, 0.29) is 5.91 Å². The van der Waals surface area contributed by atoms with Crippen molar-refractivity contribution in [2.75, 3.05) is 14.2 Å². The van der Waals surface area contributed by atoms with Gasteiger partial charge in [0.2, 0.25) is 5.91 Å². The van der Waals surface area contributed by atoms with Crippen molar-refractivity contribution < 1.29 is 14.3 Å². The first kappa shape index (κ1) is 17.2. The zero-order valence-corrected chi connectivity index (χ0v) is 15.1. The highest BCUT2D eigenvalue weighted by atomic mass is 32.1. The number of hydrogen-bond acceptors (Lipinski definition) is 5. The lowest BCUT2D eigenvalue weighted by Gasteiger charge is -2.10. The second-order valence-electron chi connectivity index (χ2n) is 5.53. The number of hydrogen-bond donors (Lipinski definition) is 1. The van der Waals surface area contributed by atoms with E-state index in [1.165, 1.54) is 0 Å². The largest absolute Gasteiger partial charge is 0.497 e. The highest BCUT2D eigenvalue weighted by Gasteiger charge is 2.09. The van der Waals surface area contributed by atoms with E-state index in [2.05, 4.69) is 10.3 Å². The summed E-state index contributed by atoms with van der Waals surface area (Å²) in [4.78, 5) is 16.7. The summed E-state index contributed by atoms with van der Waals surface area (Å²) in [6.45, 7) is 0.452. The number of rotatable bonds is 7. The molecule has 6 heteroatoms. The molecule has 0 spiro atoms. The van der Waals surface area contributed by atoms with Crippen LogP contribution in [0.4, 0.5) is 0 Å². The first-order chi connectivity index (χ1) is 12.2. The summed E-state index contributed by atoms with van der Waals surface area (Å²) in [5.74, 6) is 1.51. The molecule has 1 N–H and O–H groups in total. The molecule has 0 aliphatic rings. The van der Waals surface area contributed by atoms with Crippen molar-refractivity contribution in [3.05, 3.63) is 53.0 Å². The molecule has 3 aromatic rings. The summed E-state index contributed by atoms with van der Waals surface area (Å²) < 4.78 is 11.7. The van der Waals surface area contributed by atoms with Crippen LogP contribution in [-0.4, -0.2) is 25.1 Å². The average Bonchev–Trinajstić information content (AvgIpc) is 3.07. The van der Waals surface area contributed by atoms with Crippen LogP contribution in [0.2, 0.25) is 0 Å². The predicted octanol–water partition coefficient (Wildman–Crippen LogP) is 3.56. The second-order valence-corrected chi connectivity index (χ2v) is 6.65. The lowest BCUT2D eigenvalue weighted by atomic mass is 10.1. The van der Waals surface area contributed by atoms with Gasteiger partial charge in [-0.2, -0.15) is 0 Å². The third-order valence-corrected chi connectivity index (χ3v) is 4.92. The van der Waals surface area contributed by atoms with Crippen molar-refractivity contribution in [3.8, 4) is 11.5 Å². The lowest BCUT2D eigenvalue weighted by molar-refractivity contribution is -0.121. The number of amides is 1. The molecule has 0 fully saturated rings. The SMILES string of the molecule is COc1ccc(OC)c(CCC(=O)NCc2nc3ccccc3s2)c1. The number of benzene rings is 2. The molecule has 0 radical (unpaired) electrons. The minimum Gasteiger partial charge on any atom is -0.497 e. The topological polar surface area (TPSA) is 60.5 Å². The summed E-state index contributed by atoms with van der Waals surface area (Å²) >= 11 is 1.60. The number of carbonyl (C=O) groups excluding carboxylic acids is 1. The Bertz CT molecular complexity index is 843. The van der Waals surface area contributed by atoms with E-state index in [0.29, 0.717) is 19.4 Å². The molecule has 2 aromatic carbocycles. The smallest absolute Gasteiger partial charge is 0.220 e. The van der Waals surface area contributed by atoms with Gasteiger partial charge in [-0.25, -0.2) is 4.98 Å². The number of para-hydroxylation sites is 1. The van der Waals surface area contributed by atoms with Crippen LogP contribution in [-0.2, 0) is 17.8 Å². The Morgan fingerprint density at radius 3 is 2.76 bits per heavy atom. The molecule has 130 valence electrons. The highest BCUT2D eigenvalue weighted by Crippen LogP contribution is 2.25. The Labute approximate surface area is 150 Å². The van der Waals surface area contributed by atoms with Crippen molar-refractivity contribution >= 4 is 27.5 Å². The fourth-order valence-electron chi connectivity index (χ4n) is 2.58. The fraction of sp³-hybridized carbons (Fsp3) is 0.263. The van der Waals surface area contributed by atoms with Crippen LogP contribution in [0.1, 0.15) is 17.0 Å². The third-order valence-electron chi connectivity index (χ3n) is 3.88. The standard InChI is InChI=1S/C19H20N2O3S/c1-23-14-8-9-16(24-2)13(11-14)7-10-18(22)20-12-19-21-15-5-3-4-6-17(15)25-19/h3-6,8-9,11H,7,10,12H2,1-2H3,(H,20,22). The fourth-order valence-corrected chi connectivity index (χ4v) is 3.49. The van der Waals surface area contributed by atoms with Crippen LogP contribution in [0.15, 0.2) is 42.5 Å². The number of carbonyl (C=O) groups is 1. The molecule has 5 nitrogen and oxygen atoms in total. The van der Waals surface area contributed by atoms with Crippen LogP contribution < -0.4 is 14.8 Å². The Morgan fingerprint density at radius 1 is 1.16 bits per heavy atom. The van der Waals surface area contributed by atoms with E-state index in [1.807, 2.05) is 42.5 Å². The van der Waals surface area contributed by atoms with Crippen molar-refractivity contribution in [1.29, 1.82) is 0 Å². The van der Waals surface area contributed by atoms with Crippen LogP contribution in [0.5, 0.6) is 11.5 Å². The maximum Gasteiger partial charge on any atom is 0.220 e.